The maximum Gasteiger partial charge on any atom is 0.310 e. The molecule has 1 aliphatic heterocycles. The second kappa shape index (κ2) is 8.66. The number of nitrogens with zero attached hydrogens (tertiary/aromatic N) is 2. The number of likely N-dealkylation sites (tertiary alicyclic amines) is 1. The fourth-order valence-electron chi connectivity index (χ4n) is 4.04. The molecule has 1 aliphatic rings. The predicted molar refractivity (Wildman–Crippen MR) is 110 cm³/mol. The molecule has 1 N–H and O–H groups in total. The molecule has 2 aromatic carbocycles. The molecule has 0 saturated carbocycles. The van der Waals surface area contributed by atoms with Crippen LogP contribution in [0.2, 0.25) is 0 Å². The van der Waals surface area contributed by atoms with Crippen LogP contribution in [-0.4, -0.2) is 40.8 Å². The molecule has 4 rings (SSSR count). The molecule has 152 valence electrons. The van der Waals surface area contributed by atoms with Crippen LogP contribution in [0.3, 0.4) is 0 Å². The molecular weight excluding hydrogens is 368 g/mol. The van der Waals surface area contributed by atoms with Gasteiger partial charge in [-0.25, -0.2) is 0 Å². The number of aromatic nitrogens is 1. The highest BCUT2D eigenvalue weighted by molar-refractivity contribution is 5.84. The lowest BCUT2D eigenvalue weighted by molar-refractivity contribution is -0.150. The van der Waals surface area contributed by atoms with E-state index in [0.717, 1.165) is 41.6 Å². The van der Waals surface area contributed by atoms with Crippen molar-refractivity contribution in [3.8, 4) is 5.75 Å². The highest BCUT2D eigenvalue weighted by Gasteiger charge is 2.28. The summed E-state index contributed by atoms with van der Waals surface area (Å²) >= 11 is 0. The number of piperidine rings is 1. The van der Waals surface area contributed by atoms with Gasteiger partial charge in [0.05, 0.1) is 23.8 Å². The number of esters is 1. The Hall–Kier alpha value is -2.86. The van der Waals surface area contributed by atoms with Crippen LogP contribution in [0.4, 0.5) is 0 Å². The molecule has 0 aliphatic carbocycles. The molecule has 6 nitrogen and oxygen atoms in total. The Balaban J connectivity index is 1.56. The quantitative estimate of drug-likeness (QED) is 0.639. The summed E-state index contributed by atoms with van der Waals surface area (Å²) in [4.78, 5) is 14.3. The lowest BCUT2D eigenvalue weighted by Crippen LogP contribution is -2.38. The first kappa shape index (κ1) is 19.5. The van der Waals surface area contributed by atoms with Gasteiger partial charge in [0.25, 0.3) is 0 Å². The second-order valence-corrected chi connectivity index (χ2v) is 7.56. The van der Waals surface area contributed by atoms with Gasteiger partial charge < -0.3 is 14.4 Å². The summed E-state index contributed by atoms with van der Waals surface area (Å²) in [7, 11) is 0. The summed E-state index contributed by atoms with van der Waals surface area (Å²) in [5.74, 6) is -0.0592. The molecule has 0 spiro atoms. The van der Waals surface area contributed by atoms with E-state index in [1.54, 1.807) is 6.07 Å². The Morgan fingerprint density at radius 2 is 2.10 bits per heavy atom. The van der Waals surface area contributed by atoms with Crippen molar-refractivity contribution < 1.29 is 19.2 Å². The van der Waals surface area contributed by atoms with E-state index >= 15 is 0 Å². The number of carbonyl (C=O) groups excluding carboxylic acids is 1. The third-order valence-corrected chi connectivity index (χ3v) is 5.52. The number of hydrogen-bond donors (Lipinski definition) is 1. The summed E-state index contributed by atoms with van der Waals surface area (Å²) in [6, 6.07) is 13.7. The molecule has 3 aromatic rings. The molecule has 6 heteroatoms. The fourth-order valence-corrected chi connectivity index (χ4v) is 4.04. The Morgan fingerprint density at radius 3 is 2.90 bits per heavy atom. The Kier molecular flexibility index (Phi) is 5.81. The van der Waals surface area contributed by atoms with Crippen molar-refractivity contribution in [1.82, 2.24) is 10.1 Å². The highest BCUT2D eigenvalue weighted by atomic mass is 16.5. The Bertz CT molecular complexity index is 983. The first-order valence-corrected chi connectivity index (χ1v) is 10.2. The summed E-state index contributed by atoms with van der Waals surface area (Å²) in [5, 5.41) is 15.7. The van der Waals surface area contributed by atoms with Gasteiger partial charge in [0.1, 0.15) is 5.75 Å². The number of hydrogen-bond acceptors (Lipinski definition) is 6. The molecule has 1 aromatic heterocycles. The number of ether oxygens (including phenoxy) is 1. The van der Waals surface area contributed by atoms with Crippen molar-refractivity contribution in [1.29, 1.82) is 0 Å². The van der Waals surface area contributed by atoms with Gasteiger partial charge in [-0.1, -0.05) is 35.5 Å². The number of phenols is 1. The molecular formula is C23H26N2O4. The second-order valence-electron chi connectivity index (χ2n) is 7.56. The Morgan fingerprint density at radius 1 is 1.28 bits per heavy atom. The lowest BCUT2D eigenvalue weighted by Gasteiger charge is -2.31. The van der Waals surface area contributed by atoms with Crippen molar-refractivity contribution in [3.63, 3.8) is 0 Å². The summed E-state index contributed by atoms with van der Waals surface area (Å²) in [5.41, 5.74) is 3.36. The molecule has 1 fully saturated rings. The number of rotatable bonds is 6. The van der Waals surface area contributed by atoms with E-state index in [-0.39, 0.29) is 17.6 Å². The zero-order valence-electron chi connectivity index (χ0n) is 16.6. The zero-order chi connectivity index (χ0) is 20.2. The first-order valence-electron chi connectivity index (χ1n) is 10.2. The molecule has 1 atom stereocenters. The zero-order valence-corrected chi connectivity index (χ0v) is 16.6. The van der Waals surface area contributed by atoms with Gasteiger partial charge in [-0.15, -0.1) is 0 Å². The molecule has 0 radical (unpaired) electrons. The number of fused-ring (bicyclic) bond motifs is 1. The first-order chi connectivity index (χ1) is 14.2. The van der Waals surface area contributed by atoms with Crippen LogP contribution >= 0.6 is 0 Å². The van der Waals surface area contributed by atoms with Crippen LogP contribution in [0.25, 0.3) is 11.0 Å². The molecule has 1 saturated heterocycles. The van der Waals surface area contributed by atoms with Gasteiger partial charge in [0.2, 0.25) is 0 Å². The molecule has 1 unspecified atom stereocenters. The van der Waals surface area contributed by atoms with Gasteiger partial charge in [-0.05, 0) is 44.0 Å². The predicted octanol–water partition coefficient (Wildman–Crippen LogP) is 3.90. The largest absolute Gasteiger partial charge is 0.507 e. The van der Waals surface area contributed by atoms with Crippen LogP contribution in [0.5, 0.6) is 5.75 Å². The van der Waals surface area contributed by atoms with E-state index < -0.39 is 0 Å². The maximum atomic E-state index is 12.1. The van der Waals surface area contributed by atoms with E-state index in [9.17, 15) is 9.90 Å². The van der Waals surface area contributed by atoms with E-state index in [2.05, 4.69) is 22.2 Å². The maximum absolute atomic E-state index is 12.1. The molecule has 0 bridgehead atoms. The standard InChI is InChI=1S/C23H26N2O4/c1-2-28-23(27)17-9-6-12-25(14-17)15-19-21(26)11-10-18-20(24-29-22(18)19)13-16-7-4-3-5-8-16/h3-5,7-8,10-11,17,26H,2,6,9,12-15H2,1H3. The van der Waals surface area contributed by atoms with Crippen molar-refractivity contribution >= 4 is 16.9 Å². The van der Waals surface area contributed by atoms with Gasteiger partial charge in [0, 0.05) is 24.9 Å². The normalized spacial score (nSPS) is 17.5. The third kappa shape index (κ3) is 4.27. The van der Waals surface area contributed by atoms with Gasteiger partial charge in [-0.2, -0.15) is 0 Å². The lowest BCUT2D eigenvalue weighted by atomic mass is 9.97. The average Bonchev–Trinajstić information content (AvgIpc) is 3.14. The summed E-state index contributed by atoms with van der Waals surface area (Å²) < 4.78 is 10.8. The van der Waals surface area contributed by atoms with Crippen LogP contribution < -0.4 is 0 Å². The SMILES string of the molecule is CCOC(=O)C1CCCN(Cc2c(O)ccc3c(Cc4ccccc4)noc23)C1. The van der Waals surface area contributed by atoms with Crippen molar-refractivity contribution in [2.24, 2.45) is 5.92 Å². The monoisotopic (exact) mass is 394 g/mol. The van der Waals surface area contributed by atoms with Crippen LogP contribution in [0.15, 0.2) is 47.0 Å². The van der Waals surface area contributed by atoms with E-state index in [0.29, 0.717) is 31.7 Å². The van der Waals surface area contributed by atoms with Crippen LogP contribution in [0, 0.1) is 5.92 Å². The van der Waals surface area contributed by atoms with Crippen LogP contribution in [0.1, 0.15) is 36.6 Å². The molecule has 2 heterocycles. The van der Waals surface area contributed by atoms with Gasteiger partial charge in [0.15, 0.2) is 5.58 Å². The van der Waals surface area contributed by atoms with Gasteiger partial charge in [-0.3, -0.25) is 9.69 Å². The minimum absolute atomic E-state index is 0.117. The van der Waals surface area contributed by atoms with E-state index in [1.807, 2.05) is 31.2 Å². The fraction of sp³-hybridized carbons (Fsp3) is 0.391. The molecule has 29 heavy (non-hydrogen) atoms. The van der Waals surface area contributed by atoms with Crippen molar-refractivity contribution in [2.75, 3.05) is 19.7 Å². The van der Waals surface area contributed by atoms with Gasteiger partial charge >= 0.3 is 5.97 Å². The minimum Gasteiger partial charge on any atom is -0.507 e. The smallest absolute Gasteiger partial charge is 0.310 e. The highest BCUT2D eigenvalue weighted by Crippen LogP contribution is 2.32. The third-order valence-electron chi connectivity index (χ3n) is 5.52. The minimum atomic E-state index is -0.135. The summed E-state index contributed by atoms with van der Waals surface area (Å²) in [6.07, 6.45) is 2.44. The van der Waals surface area contributed by atoms with Crippen molar-refractivity contribution in [3.05, 3.63) is 59.3 Å². The number of phenolic OH excluding ortho intramolecular Hbond substituents is 1. The number of benzene rings is 2. The Labute approximate surface area is 170 Å². The van der Waals surface area contributed by atoms with E-state index in [1.165, 1.54) is 0 Å². The molecule has 0 amide bonds. The van der Waals surface area contributed by atoms with E-state index in [4.69, 9.17) is 9.26 Å². The number of carbonyl (C=O) groups is 1. The number of aromatic hydroxyl groups is 1. The topological polar surface area (TPSA) is 75.8 Å². The van der Waals surface area contributed by atoms with Crippen LogP contribution in [-0.2, 0) is 22.5 Å². The summed E-state index contributed by atoms with van der Waals surface area (Å²) in [6.45, 7) is 4.24. The average molecular weight is 394 g/mol. The van der Waals surface area contributed by atoms with Crippen molar-refractivity contribution in [2.45, 2.75) is 32.7 Å².